The number of carbonyl (C=O) groups excluding carboxylic acids is 4. The van der Waals surface area contributed by atoms with Crippen LogP contribution in [0, 0.1) is 5.92 Å². The summed E-state index contributed by atoms with van der Waals surface area (Å²) in [6.45, 7) is 4.91. The molecule has 292 valence electrons. The smallest absolute Gasteiger partial charge is 0.407 e. The Balaban J connectivity index is 1.06. The third-order valence-corrected chi connectivity index (χ3v) is 10.1. The lowest BCUT2D eigenvalue weighted by Crippen LogP contribution is -2.53. The number of likely N-dealkylation sites (tertiary alicyclic amines) is 2. The highest BCUT2D eigenvalue weighted by Gasteiger charge is 2.38. The number of aliphatic hydroxyl groups excluding tert-OH is 2. The molecule has 2 aromatic heterocycles. The summed E-state index contributed by atoms with van der Waals surface area (Å²) in [6.07, 6.45) is 3.73. The summed E-state index contributed by atoms with van der Waals surface area (Å²) in [7, 11) is 2.40. The number of methoxy groups -OCH3 is 2. The number of hydrogen-bond acceptors (Lipinski definition) is 12. The van der Waals surface area contributed by atoms with Gasteiger partial charge in [-0.1, -0.05) is 24.3 Å². The van der Waals surface area contributed by atoms with E-state index in [9.17, 15) is 29.4 Å². The molecule has 4 aromatic rings. The molecule has 2 aromatic carbocycles. The van der Waals surface area contributed by atoms with Gasteiger partial charge in [-0.05, 0) is 67.5 Å². The molecule has 0 aliphatic carbocycles. The second-order valence-corrected chi connectivity index (χ2v) is 14.0. The molecule has 17 nitrogen and oxygen atoms in total. The van der Waals surface area contributed by atoms with Gasteiger partial charge in [0, 0.05) is 49.7 Å². The van der Waals surface area contributed by atoms with Gasteiger partial charge in [-0.3, -0.25) is 9.59 Å². The van der Waals surface area contributed by atoms with Crippen LogP contribution in [-0.2, 0) is 19.1 Å². The molecule has 0 bridgehead atoms. The summed E-state index contributed by atoms with van der Waals surface area (Å²) in [5, 5.41) is 30.4. The van der Waals surface area contributed by atoms with Crippen LogP contribution in [0.1, 0.15) is 45.0 Å². The van der Waals surface area contributed by atoms with Crippen molar-refractivity contribution in [1.82, 2.24) is 40.4 Å². The molecule has 0 spiro atoms. The van der Waals surface area contributed by atoms with E-state index in [1.54, 1.807) is 28.4 Å². The largest absolute Gasteiger partial charge is 0.453 e. The molecule has 0 unspecified atom stereocenters. The SMILES string of the molecule is COC(=O)N[C@H](C(=O)N1CCC[C@H]1c1ncc(-c2ccc3cc(-c4cnc(NC[C@H]5CCN(C(=O)[C@H](NC(=O)OC)[C@@H](C)O)C5)nc4)ccc3c2)[nH]1)[C@@H](C)O. The van der Waals surface area contributed by atoms with E-state index in [0.717, 1.165) is 46.0 Å². The third-order valence-electron chi connectivity index (χ3n) is 10.1. The fourth-order valence-corrected chi connectivity index (χ4v) is 7.09. The number of carbonyl (C=O) groups is 4. The van der Waals surface area contributed by atoms with Crippen molar-refractivity contribution >= 4 is 40.7 Å². The minimum atomic E-state index is -1.14. The Kier molecular flexibility index (Phi) is 12.1. The second-order valence-electron chi connectivity index (χ2n) is 14.0. The lowest BCUT2D eigenvalue weighted by molar-refractivity contribution is -0.137. The fourth-order valence-electron chi connectivity index (χ4n) is 7.09. The summed E-state index contributed by atoms with van der Waals surface area (Å²) >= 11 is 0. The van der Waals surface area contributed by atoms with E-state index in [4.69, 9.17) is 0 Å². The molecule has 4 heterocycles. The topological polar surface area (TPSA) is 224 Å². The van der Waals surface area contributed by atoms with Crippen molar-refractivity contribution in [3.63, 3.8) is 0 Å². The number of aliphatic hydroxyl groups is 2. The Morgan fingerprint density at radius 2 is 1.44 bits per heavy atom. The van der Waals surface area contributed by atoms with E-state index in [1.165, 1.54) is 28.1 Å². The number of rotatable bonds is 12. The quantitative estimate of drug-likeness (QED) is 0.123. The van der Waals surface area contributed by atoms with Crippen LogP contribution in [0.3, 0.4) is 0 Å². The Bertz CT molecular complexity index is 2000. The molecule has 17 heteroatoms. The zero-order chi connectivity index (χ0) is 39.2. The molecule has 0 radical (unpaired) electrons. The van der Waals surface area contributed by atoms with Crippen LogP contribution in [0.15, 0.2) is 55.0 Å². The number of nitrogens with one attached hydrogen (secondary N) is 4. The summed E-state index contributed by atoms with van der Waals surface area (Å²) in [6, 6.07) is 9.69. The number of nitrogens with zero attached hydrogens (tertiary/aromatic N) is 5. The number of benzene rings is 2. The molecule has 6 atom stereocenters. The molecule has 4 amide bonds. The van der Waals surface area contributed by atoms with Crippen LogP contribution in [0.5, 0.6) is 0 Å². The zero-order valence-electron chi connectivity index (χ0n) is 31.2. The molecule has 55 heavy (non-hydrogen) atoms. The highest BCUT2D eigenvalue weighted by Crippen LogP contribution is 2.33. The molecule has 0 saturated carbocycles. The van der Waals surface area contributed by atoms with E-state index in [2.05, 4.69) is 57.5 Å². The maximum atomic E-state index is 13.4. The number of alkyl carbamates (subject to hydrolysis) is 2. The van der Waals surface area contributed by atoms with Crippen molar-refractivity contribution in [1.29, 1.82) is 0 Å². The normalized spacial score (nSPS) is 19.0. The van der Waals surface area contributed by atoms with Gasteiger partial charge in [0.05, 0.1) is 44.4 Å². The predicted molar refractivity (Wildman–Crippen MR) is 201 cm³/mol. The molecular formula is C38H47N9O8. The van der Waals surface area contributed by atoms with Crippen molar-refractivity contribution < 1.29 is 38.9 Å². The number of anilines is 1. The van der Waals surface area contributed by atoms with E-state index in [0.29, 0.717) is 44.4 Å². The first-order chi connectivity index (χ1) is 26.4. The van der Waals surface area contributed by atoms with Crippen molar-refractivity contribution in [3.8, 4) is 22.4 Å². The number of H-pyrrole nitrogens is 1. The van der Waals surface area contributed by atoms with Gasteiger partial charge in [-0.15, -0.1) is 0 Å². The highest BCUT2D eigenvalue weighted by molar-refractivity contribution is 5.91. The number of ether oxygens (including phenoxy) is 2. The summed E-state index contributed by atoms with van der Waals surface area (Å²) < 4.78 is 9.22. The Morgan fingerprint density at radius 1 is 0.818 bits per heavy atom. The number of amides is 4. The summed E-state index contributed by atoms with van der Waals surface area (Å²) in [4.78, 5) is 70.1. The van der Waals surface area contributed by atoms with E-state index >= 15 is 0 Å². The number of aromatic nitrogens is 4. The van der Waals surface area contributed by atoms with Crippen LogP contribution in [-0.4, -0.2) is 129 Å². The molecule has 6 N–H and O–H groups in total. The predicted octanol–water partition coefficient (Wildman–Crippen LogP) is 2.82. The van der Waals surface area contributed by atoms with Crippen LogP contribution in [0.2, 0.25) is 0 Å². The molecule has 2 fully saturated rings. The third kappa shape index (κ3) is 8.95. The summed E-state index contributed by atoms with van der Waals surface area (Å²) in [5.41, 5.74) is 3.54. The molecule has 2 aliphatic rings. The molecule has 2 aliphatic heterocycles. The van der Waals surface area contributed by atoms with E-state index in [-0.39, 0.29) is 17.9 Å². The average Bonchev–Trinajstić information content (AvgIpc) is 3.99. The van der Waals surface area contributed by atoms with Crippen molar-refractivity contribution in [2.24, 2.45) is 5.92 Å². The molecule has 6 rings (SSSR count). The van der Waals surface area contributed by atoms with Gasteiger partial charge in [0.25, 0.3) is 0 Å². The first kappa shape index (κ1) is 38.9. The fraction of sp³-hybridized carbons (Fsp3) is 0.447. The zero-order valence-corrected chi connectivity index (χ0v) is 31.2. The monoisotopic (exact) mass is 757 g/mol. The number of aromatic amines is 1. The highest BCUT2D eigenvalue weighted by atomic mass is 16.5. The first-order valence-corrected chi connectivity index (χ1v) is 18.3. The lowest BCUT2D eigenvalue weighted by Gasteiger charge is -2.29. The minimum Gasteiger partial charge on any atom is -0.453 e. The molecular weight excluding hydrogens is 710 g/mol. The Hall–Kier alpha value is -5.81. The van der Waals surface area contributed by atoms with Gasteiger partial charge in [-0.25, -0.2) is 24.5 Å². The molecule has 2 saturated heterocycles. The van der Waals surface area contributed by atoms with Gasteiger partial charge in [0.2, 0.25) is 17.8 Å². The Morgan fingerprint density at radius 3 is 2.07 bits per heavy atom. The minimum absolute atomic E-state index is 0.144. The van der Waals surface area contributed by atoms with Gasteiger partial charge >= 0.3 is 12.2 Å². The van der Waals surface area contributed by atoms with E-state index in [1.807, 2.05) is 24.3 Å². The van der Waals surface area contributed by atoms with E-state index < -0.39 is 42.4 Å². The maximum Gasteiger partial charge on any atom is 0.407 e. The van der Waals surface area contributed by atoms with Crippen LogP contribution >= 0.6 is 0 Å². The van der Waals surface area contributed by atoms with Crippen molar-refractivity contribution in [3.05, 3.63) is 60.8 Å². The van der Waals surface area contributed by atoms with Crippen LogP contribution < -0.4 is 16.0 Å². The number of fused-ring (bicyclic) bond motifs is 1. The van der Waals surface area contributed by atoms with Gasteiger partial charge < -0.3 is 50.4 Å². The standard InChI is InChI=1S/C38H47N9O8/c1-21(48)31(44-37(52)54-3)34(50)46-13-11-23(20-46)16-40-36-41-17-28(18-42-36)26-8-7-25-15-27(10-9-24(25)14-26)29-19-39-33(43-29)30-6-5-12-47(30)35(51)32(22(2)49)45-38(53)55-4/h7-10,14-15,17-19,21-23,30-32,48-49H,5-6,11-13,16,20H2,1-4H3,(H,39,43)(H,44,52)(H,45,53)(H,40,41,42)/t21-,22-,23-,30+,31-,32+/m1/s1. The Labute approximate surface area is 317 Å². The van der Waals surface area contributed by atoms with Crippen LogP contribution in [0.25, 0.3) is 33.2 Å². The van der Waals surface area contributed by atoms with Gasteiger partial charge in [-0.2, -0.15) is 0 Å². The number of imidazole rings is 1. The first-order valence-electron chi connectivity index (χ1n) is 18.3. The average molecular weight is 758 g/mol. The maximum absolute atomic E-state index is 13.4. The van der Waals surface area contributed by atoms with Gasteiger partial charge in [0.15, 0.2) is 0 Å². The van der Waals surface area contributed by atoms with Crippen molar-refractivity contribution in [2.75, 3.05) is 45.7 Å². The van der Waals surface area contributed by atoms with Gasteiger partial charge in [0.1, 0.15) is 17.9 Å². The van der Waals surface area contributed by atoms with Crippen LogP contribution in [0.4, 0.5) is 15.5 Å². The number of hydrogen-bond donors (Lipinski definition) is 6. The summed E-state index contributed by atoms with van der Waals surface area (Å²) in [5.74, 6) is 0.495. The second kappa shape index (κ2) is 17.1. The lowest BCUT2D eigenvalue weighted by atomic mass is 10.0. The van der Waals surface area contributed by atoms with Crippen molar-refractivity contribution in [2.45, 2.75) is 63.4 Å².